The van der Waals surface area contributed by atoms with Crippen molar-refractivity contribution in [2.75, 3.05) is 0 Å². The van der Waals surface area contributed by atoms with E-state index in [9.17, 15) is 13.2 Å². The summed E-state index contributed by atoms with van der Waals surface area (Å²) in [7, 11) is 1.35. The van der Waals surface area contributed by atoms with E-state index in [0.29, 0.717) is 23.3 Å². The van der Waals surface area contributed by atoms with E-state index in [4.69, 9.17) is 15.8 Å². The standard InChI is InChI=1S/C10H13ClO4S2/c1-4-10(2,3)6-5-7(17(11,14)15)16-8(6)9(12)13/h5H,4H2,1-3H3,(H,12,13). The van der Waals surface area contributed by atoms with Gasteiger partial charge in [-0.05, 0) is 23.5 Å². The molecule has 0 aromatic carbocycles. The summed E-state index contributed by atoms with van der Waals surface area (Å²) >= 11 is 0.697. The van der Waals surface area contributed by atoms with Crippen molar-refractivity contribution in [1.29, 1.82) is 0 Å². The number of thiophene rings is 1. The Labute approximate surface area is 109 Å². The molecule has 0 spiro atoms. The number of halogens is 1. The van der Waals surface area contributed by atoms with Crippen molar-refractivity contribution in [1.82, 2.24) is 0 Å². The van der Waals surface area contributed by atoms with E-state index in [0.717, 1.165) is 0 Å². The molecule has 1 rings (SSSR count). The molecule has 17 heavy (non-hydrogen) atoms. The Kier molecular flexibility index (Phi) is 3.91. The van der Waals surface area contributed by atoms with Crippen molar-refractivity contribution in [2.24, 2.45) is 0 Å². The van der Waals surface area contributed by atoms with Crippen LogP contribution in [0.25, 0.3) is 0 Å². The number of carbonyl (C=O) groups is 1. The lowest BCUT2D eigenvalue weighted by Crippen LogP contribution is -2.17. The second kappa shape index (κ2) is 4.59. The summed E-state index contributed by atoms with van der Waals surface area (Å²) in [5.41, 5.74) is 0.112. The van der Waals surface area contributed by atoms with Gasteiger partial charge in [0.05, 0.1) is 0 Å². The normalized spacial score (nSPS) is 12.7. The van der Waals surface area contributed by atoms with Crippen LogP contribution in [0.1, 0.15) is 42.4 Å². The molecule has 0 radical (unpaired) electrons. The fourth-order valence-corrected chi connectivity index (χ4v) is 3.57. The average molecular weight is 297 g/mol. The molecule has 0 atom stereocenters. The molecule has 0 saturated carbocycles. The van der Waals surface area contributed by atoms with Gasteiger partial charge in [-0.3, -0.25) is 0 Å². The van der Waals surface area contributed by atoms with E-state index in [1.807, 2.05) is 20.8 Å². The predicted octanol–water partition coefficient (Wildman–Crippen LogP) is 3.06. The van der Waals surface area contributed by atoms with Crippen molar-refractivity contribution < 1.29 is 18.3 Å². The molecule has 1 heterocycles. The fourth-order valence-electron chi connectivity index (χ4n) is 1.34. The first-order valence-electron chi connectivity index (χ1n) is 4.92. The van der Waals surface area contributed by atoms with Crippen LogP contribution in [0.4, 0.5) is 0 Å². The van der Waals surface area contributed by atoms with Crippen LogP contribution in [-0.2, 0) is 14.5 Å². The zero-order valence-electron chi connectivity index (χ0n) is 9.65. The van der Waals surface area contributed by atoms with Gasteiger partial charge in [0.15, 0.2) is 0 Å². The summed E-state index contributed by atoms with van der Waals surface area (Å²) in [5.74, 6) is -1.13. The lowest BCUT2D eigenvalue weighted by molar-refractivity contribution is 0.0699. The van der Waals surface area contributed by atoms with Crippen LogP contribution in [0, 0.1) is 0 Å². The van der Waals surface area contributed by atoms with Gasteiger partial charge >= 0.3 is 5.97 Å². The first-order chi connectivity index (χ1) is 7.59. The van der Waals surface area contributed by atoms with Crippen molar-refractivity contribution >= 4 is 37.0 Å². The Morgan fingerprint density at radius 2 is 2.06 bits per heavy atom. The summed E-state index contributed by atoms with van der Waals surface area (Å²) in [6.45, 7) is 5.65. The molecule has 0 aliphatic heterocycles. The van der Waals surface area contributed by atoms with Gasteiger partial charge in [0, 0.05) is 10.7 Å². The Morgan fingerprint density at radius 1 is 1.53 bits per heavy atom. The Morgan fingerprint density at radius 3 is 2.41 bits per heavy atom. The highest BCUT2D eigenvalue weighted by Crippen LogP contribution is 2.37. The van der Waals surface area contributed by atoms with Crippen LogP contribution in [-0.4, -0.2) is 19.5 Å². The van der Waals surface area contributed by atoms with Gasteiger partial charge < -0.3 is 5.11 Å². The summed E-state index contributed by atoms with van der Waals surface area (Å²) in [5, 5.41) is 9.08. The van der Waals surface area contributed by atoms with Crippen LogP contribution in [0.3, 0.4) is 0 Å². The minimum atomic E-state index is -3.88. The topological polar surface area (TPSA) is 71.4 Å². The van der Waals surface area contributed by atoms with E-state index in [1.54, 1.807) is 0 Å². The number of carboxylic acid groups (broad SMARTS) is 1. The van der Waals surface area contributed by atoms with Gasteiger partial charge in [0.2, 0.25) is 0 Å². The summed E-state index contributed by atoms with van der Waals surface area (Å²) in [4.78, 5) is 11.1. The highest BCUT2D eigenvalue weighted by molar-refractivity contribution is 8.15. The van der Waals surface area contributed by atoms with E-state index in [2.05, 4.69) is 0 Å². The van der Waals surface area contributed by atoms with E-state index < -0.39 is 20.4 Å². The number of aromatic carboxylic acids is 1. The molecule has 1 aromatic heterocycles. The second-order valence-corrected chi connectivity index (χ2v) is 8.13. The van der Waals surface area contributed by atoms with Gasteiger partial charge in [0.1, 0.15) is 9.09 Å². The molecule has 1 N–H and O–H groups in total. The Bertz CT molecular complexity index is 543. The molecule has 96 valence electrons. The zero-order chi connectivity index (χ0) is 13.4. The lowest BCUT2D eigenvalue weighted by atomic mass is 9.82. The number of hydrogen-bond donors (Lipinski definition) is 1. The van der Waals surface area contributed by atoms with Gasteiger partial charge in [-0.25, -0.2) is 13.2 Å². The molecule has 0 bridgehead atoms. The fraction of sp³-hybridized carbons (Fsp3) is 0.500. The smallest absolute Gasteiger partial charge is 0.346 e. The zero-order valence-corrected chi connectivity index (χ0v) is 12.0. The quantitative estimate of drug-likeness (QED) is 0.867. The van der Waals surface area contributed by atoms with Gasteiger partial charge in [0.25, 0.3) is 9.05 Å². The number of hydrogen-bond acceptors (Lipinski definition) is 4. The number of rotatable bonds is 4. The van der Waals surface area contributed by atoms with Gasteiger partial charge in [-0.15, -0.1) is 11.3 Å². The largest absolute Gasteiger partial charge is 0.477 e. The summed E-state index contributed by atoms with van der Waals surface area (Å²) in [6.07, 6.45) is 0.700. The van der Waals surface area contributed by atoms with Crippen LogP contribution in [0.5, 0.6) is 0 Å². The van der Waals surface area contributed by atoms with Crippen molar-refractivity contribution in [3.05, 3.63) is 16.5 Å². The predicted molar refractivity (Wildman–Crippen MR) is 67.6 cm³/mol. The second-order valence-electron chi connectivity index (χ2n) is 4.29. The Hall–Kier alpha value is -0.590. The maximum Gasteiger partial charge on any atom is 0.346 e. The van der Waals surface area contributed by atoms with Crippen molar-refractivity contribution in [3.8, 4) is 0 Å². The first-order valence-corrected chi connectivity index (χ1v) is 8.04. The molecule has 0 fully saturated rings. The highest BCUT2D eigenvalue weighted by atomic mass is 35.7. The molecule has 0 unspecified atom stereocenters. The molecular weight excluding hydrogens is 284 g/mol. The molecule has 4 nitrogen and oxygen atoms in total. The molecule has 0 amide bonds. The van der Waals surface area contributed by atoms with E-state index >= 15 is 0 Å². The monoisotopic (exact) mass is 296 g/mol. The van der Waals surface area contributed by atoms with Gasteiger partial charge in [-0.1, -0.05) is 20.8 Å². The van der Waals surface area contributed by atoms with Crippen LogP contribution in [0.15, 0.2) is 10.3 Å². The molecule has 7 heteroatoms. The van der Waals surface area contributed by atoms with Gasteiger partial charge in [-0.2, -0.15) is 0 Å². The minimum absolute atomic E-state index is 0.0380. The molecule has 1 aromatic rings. The molecule has 0 aliphatic carbocycles. The molecular formula is C10H13ClO4S2. The lowest BCUT2D eigenvalue weighted by Gasteiger charge is -2.22. The van der Waals surface area contributed by atoms with Crippen LogP contribution < -0.4 is 0 Å². The maximum atomic E-state index is 11.2. The average Bonchev–Trinajstić information content (AvgIpc) is 2.61. The van der Waals surface area contributed by atoms with Crippen LogP contribution in [0.2, 0.25) is 0 Å². The van der Waals surface area contributed by atoms with E-state index in [1.165, 1.54) is 6.07 Å². The highest BCUT2D eigenvalue weighted by Gasteiger charge is 2.30. The third-order valence-corrected chi connectivity index (χ3v) is 5.95. The minimum Gasteiger partial charge on any atom is -0.477 e. The van der Waals surface area contributed by atoms with Crippen molar-refractivity contribution in [3.63, 3.8) is 0 Å². The molecule has 0 aliphatic rings. The third-order valence-electron chi connectivity index (χ3n) is 2.76. The maximum absolute atomic E-state index is 11.2. The first kappa shape index (κ1) is 14.5. The third kappa shape index (κ3) is 3.00. The summed E-state index contributed by atoms with van der Waals surface area (Å²) in [6, 6.07) is 1.36. The SMILES string of the molecule is CCC(C)(C)c1cc(S(=O)(=O)Cl)sc1C(=O)O. The molecule has 0 saturated heterocycles. The summed E-state index contributed by atoms with van der Waals surface area (Å²) < 4.78 is 22.3. The van der Waals surface area contributed by atoms with Crippen LogP contribution >= 0.6 is 22.0 Å². The number of carboxylic acids is 1. The Balaban J connectivity index is 3.50. The van der Waals surface area contributed by atoms with Crippen molar-refractivity contribution in [2.45, 2.75) is 36.8 Å². The van der Waals surface area contributed by atoms with E-state index in [-0.39, 0.29) is 9.09 Å².